The van der Waals surface area contributed by atoms with Gasteiger partial charge in [0, 0.05) is 6.54 Å². The summed E-state index contributed by atoms with van der Waals surface area (Å²) in [6.07, 6.45) is 4.64. The molecule has 0 saturated carbocycles. The lowest BCUT2D eigenvalue weighted by molar-refractivity contribution is 0.236. The van der Waals surface area contributed by atoms with E-state index in [1.807, 2.05) is 12.1 Å². The third kappa shape index (κ3) is 4.95. The van der Waals surface area contributed by atoms with Gasteiger partial charge in [0.25, 0.3) is 0 Å². The second-order valence-electron chi connectivity index (χ2n) is 6.19. The first kappa shape index (κ1) is 17.3. The number of fused-ring (bicyclic) bond motifs is 1. The fourth-order valence-corrected chi connectivity index (χ4v) is 3.05. The normalized spacial score (nSPS) is 13.0. The smallest absolute Gasteiger partial charge is 0.315 e. The van der Waals surface area contributed by atoms with E-state index in [1.165, 1.54) is 36.1 Å². The molecule has 0 aliphatic heterocycles. The third-order valence-corrected chi connectivity index (χ3v) is 4.36. The molecule has 132 valence electrons. The summed E-state index contributed by atoms with van der Waals surface area (Å²) in [7, 11) is 0. The first-order valence-electron chi connectivity index (χ1n) is 8.72. The van der Waals surface area contributed by atoms with Crippen molar-refractivity contribution in [2.24, 2.45) is 0 Å². The molecule has 0 aromatic heterocycles. The van der Waals surface area contributed by atoms with E-state index in [0.717, 1.165) is 24.2 Å². The zero-order valence-corrected chi connectivity index (χ0v) is 14.2. The summed E-state index contributed by atoms with van der Waals surface area (Å²) >= 11 is 0. The molecule has 2 aromatic rings. The van der Waals surface area contributed by atoms with E-state index in [0.29, 0.717) is 19.7 Å². The van der Waals surface area contributed by atoms with E-state index < -0.39 is 0 Å². The van der Waals surface area contributed by atoms with Gasteiger partial charge in [0.1, 0.15) is 18.2 Å². The van der Waals surface area contributed by atoms with E-state index in [4.69, 9.17) is 4.74 Å². The van der Waals surface area contributed by atoms with Crippen molar-refractivity contribution < 1.29 is 13.9 Å². The number of halogens is 1. The van der Waals surface area contributed by atoms with Crippen LogP contribution in [0, 0.1) is 5.82 Å². The quantitative estimate of drug-likeness (QED) is 0.789. The van der Waals surface area contributed by atoms with Gasteiger partial charge in [-0.2, -0.15) is 0 Å². The van der Waals surface area contributed by atoms with Crippen LogP contribution >= 0.6 is 0 Å². The summed E-state index contributed by atoms with van der Waals surface area (Å²) in [5, 5.41) is 5.50. The van der Waals surface area contributed by atoms with Crippen molar-refractivity contribution in [1.29, 1.82) is 0 Å². The molecule has 0 radical (unpaired) electrons. The number of carbonyl (C=O) groups is 1. The molecule has 0 fully saturated rings. The van der Waals surface area contributed by atoms with E-state index in [-0.39, 0.29) is 11.8 Å². The fourth-order valence-electron chi connectivity index (χ4n) is 3.05. The number of nitrogens with one attached hydrogen (secondary N) is 2. The van der Waals surface area contributed by atoms with Crippen LogP contribution < -0.4 is 15.4 Å². The average Bonchev–Trinajstić information content (AvgIpc) is 2.65. The van der Waals surface area contributed by atoms with Crippen molar-refractivity contribution in [3.8, 4) is 5.75 Å². The van der Waals surface area contributed by atoms with Gasteiger partial charge in [-0.25, -0.2) is 9.18 Å². The molecule has 0 saturated heterocycles. The molecule has 5 heteroatoms. The summed E-state index contributed by atoms with van der Waals surface area (Å²) in [5.41, 5.74) is 3.55. The lowest BCUT2D eigenvalue weighted by atomic mass is 9.91. The van der Waals surface area contributed by atoms with Crippen LogP contribution in [0.25, 0.3) is 0 Å². The molecule has 3 rings (SSSR count). The molecule has 4 nitrogen and oxygen atoms in total. The van der Waals surface area contributed by atoms with E-state index in [2.05, 4.69) is 16.7 Å². The van der Waals surface area contributed by atoms with Gasteiger partial charge < -0.3 is 15.4 Å². The number of hydrogen-bond acceptors (Lipinski definition) is 2. The largest absolute Gasteiger partial charge is 0.491 e. The molecule has 1 aliphatic rings. The van der Waals surface area contributed by atoms with Crippen LogP contribution in [0.1, 0.15) is 29.5 Å². The lowest BCUT2D eigenvalue weighted by Gasteiger charge is -2.19. The van der Waals surface area contributed by atoms with Crippen LogP contribution in [-0.2, 0) is 19.4 Å². The van der Waals surface area contributed by atoms with Crippen molar-refractivity contribution in [1.82, 2.24) is 10.6 Å². The monoisotopic (exact) mass is 342 g/mol. The summed E-state index contributed by atoms with van der Waals surface area (Å²) < 4.78 is 18.7. The number of hydrogen-bond donors (Lipinski definition) is 2. The molecular formula is C20H23FN2O2. The summed E-state index contributed by atoms with van der Waals surface area (Å²) in [6, 6.07) is 12.0. The lowest BCUT2D eigenvalue weighted by Crippen LogP contribution is -2.37. The first-order valence-corrected chi connectivity index (χ1v) is 8.72. The Balaban J connectivity index is 1.38. The Morgan fingerprint density at radius 1 is 1.04 bits per heavy atom. The van der Waals surface area contributed by atoms with E-state index in [9.17, 15) is 9.18 Å². The Labute approximate surface area is 147 Å². The van der Waals surface area contributed by atoms with Crippen molar-refractivity contribution in [3.63, 3.8) is 0 Å². The van der Waals surface area contributed by atoms with Gasteiger partial charge in [-0.05, 0) is 60.6 Å². The minimum atomic E-state index is -0.284. The van der Waals surface area contributed by atoms with Gasteiger partial charge in [0.2, 0.25) is 0 Å². The fraction of sp³-hybridized carbons (Fsp3) is 0.350. The minimum Gasteiger partial charge on any atom is -0.491 e. The van der Waals surface area contributed by atoms with Crippen molar-refractivity contribution in [2.45, 2.75) is 32.2 Å². The van der Waals surface area contributed by atoms with Crippen LogP contribution in [0.3, 0.4) is 0 Å². The Kier molecular flexibility index (Phi) is 5.88. The molecule has 0 unspecified atom stereocenters. The molecule has 1 aliphatic carbocycles. The van der Waals surface area contributed by atoms with Gasteiger partial charge >= 0.3 is 6.03 Å². The van der Waals surface area contributed by atoms with Crippen LogP contribution in [0.5, 0.6) is 5.75 Å². The second-order valence-corrected chi connectivity index (χ2v) is 6.19. The number of aryl methyl sites for hydroxylation is 1. The number of ether oxygens (including phenoxy) is 1. The molecule has 0 heterocycles. The van der Waals surface area contributed by atoms with Crippen LogP contribution in [0.15, 0.2) is 42.5 Å². The maximum absolute atomic E-state index is 12.8. The van der Waals surface area contributed by atoms with Crippen molar-refractivity contribution in [3.05, 3.63) is 65.0 Å². The van der Waals surface area contributed by atoms with Gasteiger partial charge in [-0.15, -0.1) is 0 Å². The number of urea groups is 1. The predicted molar refractivity (Wildman–Crippen MR) is 95.2 cm³/mol. The third-order valence-electron chi connectivity index (χ3n) is 4.36. The summed E-state index contributed by atoms with van der Waals surface area (Å²) in [5.74, 6) is 0.652. The molecule has 0 bridgehead atoms. The zero-order chi connectivity index (χ0) is 17.5. The number of amides is 2. The van der Waals surface area contributed by atoms with Gasteiger partial charge in [-0.1, -0.05) is 24.3 Å². The van der Waals surface area contributed by atoms with E-state index in [1.54, 1.807) is 12.1 Å². The van der Waals surface area contributed by atoms with E-state index >= 15 is 0 Å². The van der Waals surface area contributed by atoms with Gasteiger partial charge in [0.15, 0.2) is 0 Å². The molecule has 0 spiro atoms. The van der Waals surface area contributed by atoms with Gasteiger partial charge in [0.05, 0.1) is 6.54 Å². The molecule has 2 amide bonds. The highest BCUT2D eigenvalue weighted by molar-refractivity contribution is 5.73. The van der Waals surface area contributed by atoms with Crippen LogP contribution in [0.2, 0.25) is 0 Å². The molecule has 25 heavy (non-hydrogen) atoms. The zero-order valence-electron chi connectivity index (χ0n) is 14.2. The molecular weight excluding hydrogens is 319 g/mol. The highest BCUT2D eigenvalue weighted by Crippen LogP contribution is 2.29. The second kappa shape index (κ2) is 8.51. The maximum Gasteiger partial charge on any atom is 0.315 e. The van der Waals surface area contributed by atoms with Gasteiger partial charge in [-0.3, -0.25) is 0 Å². The Morgan fingerprint density at radius 3 is 2.68 bits per heavy atom. The highest BCUT2D eigenvalue weighted by atomic mass is 19.1. The number of benzene rings is 2. The number of rotatable bonds is 6. The average molecular weight is 342 g/mol. The SMILES string of the molecule is O=C(NCCOc1cccc2c1CCCC2)NCc1ccc(F)cc1. The Bertz CT molecular complexity index is 716. The standard InChI is InChI=1S/C20H23FN2O2/c21-17-10-8-15(9-11-17)14-23-20(24)22-12-13-25-19-7-3-5-16-4-1-2-6-18(16)19/h3,5,7-11H,1-2,4,6,12-14H2,(H2,22,23,24). The minimum absolute atomic E-state index is 0.261. The molecule has 2 N–H and O–H groups in total. The van der Waals surface area contributed by atoms with Crippen LogP contribution in [-0.4, -0.2) is 19.2 Å². The topological polar surface area (TPSA) is 50.4 Å². The maximum atomic E-state index is 12.8. The summed E-state index contributed by atoms with van der Waals surface area (Å²) in [6.45, 7) is 1.22. The summed E-state index contributed by atoms with van der Waals surface area (Å²) in [4.78, 5) is 11.8. The Morgan fingerprint density at radius 2 is 1.84 bits per heavy atom. The molecule has 0 atom stereocenters. The Hall–Kier alpha value is -2.56. The first-order chi connectivity index (χ1) is 12.2. The van der Waals surface area contributed by atoms with Crippen molar-refractivity contribution in [2.75, 3.05) is 13.2 Å². The number of carbonyl (C=O) groups excluding carboxylic acids is 1. The van der Waals surface area contributed by atoms with Crippen molar-refractivity contribution >= 4 is 6.03 Å². The molecule has 2 aromatic carbocycles. The predicted octanol–water partition coefficient (Wildman–Crippen LogP) is 3.58. The van der Waals surface area contributed by atoms with Crippen LogP contribution in [0.4, 0.5) is 9.18 Å². The highest BCUT2D eigenvalue weighted by Gasteiger charge is 2.13.